The second kappa shape index (κ2) is 3.37. The lowest BCUT2D eigenvalue weighted by molar-refractivity contribution is -0.307. The largest absolute Gasteiger partial charge is 0.572 e. The third-order valence-electron chi connectivity index (χ3n) is 1.44. The Morgan fingerprint density at radius 1 is 1.38 bits per heavy atom. The molecule has 0 radical (unpaired) electrons. The van der Waals surface area contributed by atoms with Gasteiger partial charge < -0.3 is 10.5 Å². The molecule has 0 saturated carbocycles. The van der Waals surface area contributed by atoms with E-state index in [1.807, 2.05) is 0 Å². The summed E-state index contributed by atoms with van der Waals surface area (Å²) in [7, 11) is 0. The van der Waals surface area contributed by atoms with Crippen LogP contribution >= 0.6 is 0 Å². The fraction of sp³-hybridized carbons (Fsp3) is 0.429. The predicted molar refractivity (Wildman–Crippen MR) is 37.0 cm³/mol. The molecule has 74 valence electrons. The van der Waals surface area contributed by atoms with E-state index in [1.54, 1.807) is 0 Å². The van der Waals surface area contributed by atoms with Gasteiger partial charge in [-0.2, -0.15) is 0 Å². The zero-order chi connectivity index (χ0) is 10.1. The van der Waals surface area contributed by atoms with Crippen molar-refractivity contribution in [1.29, 1.82) is 0 Å². The van der Waals surface area contributed by atoms with Crippen LogP contribution in [-0.4, -0.2) is 12.4 Å². The van der Waals surface area contributed by atoms with Gasteiger partial charge in [-0.05, 0) is 12.2 Å². The molecule has 2 N–H and O–H groups in total. The lowest BCUT2D eigenvalue weighted by Crippen LogP contribution is -2.29. The number of alkyl halides is 3. The molecule has 0 amide bonds. The van der Waals surface area contributed by atoms with Crippen LogP contribution < -0.4 is 5.73 Å². The second-order valence-corrected chi connectivity index (χ2v) is 2.54. The molecule has 0 heterocycles. The van der Waals surface area contributed by atoms with Gasteiger partial charge in [0.25, 0.3) is 0 Å². The molecule has 13 heavy (non-hydrogen) atoms. The van der Waals surface area contributed by atoms with E-state index >= 15 is 0 Å². The lowest BCUT2D eigenvalue weighted by Gasteiger charge is -2.19. The summed E-state index contributed by atoms with van der Waals surface area (Å²) in [4.78, 5) is 0. The molecule has 0 aromatic rings. The highest BCUT2D eigenvalue weighted by Gasteiger charge is 2.34. The first-order valence-corrected chi connectivity index (χ1v) is 3.46. The SMILES string of the molecule is NC1CC(F)=CC=C1OC(F)(F)F. The van der Waals surface area contributed by atoms with Gasteiger partial charge in [-0.15, -0.1) is 13.2 Å². The Labute approximate surface area is 71.7 Å². The van der Waals surface area contributed by atoms with Gasteiger partial charge in [0.1, 0.15) is 11.6 Å². The predicted octanol–water partition coefficient (Wildman–Crippen LogP) is 1.99. The Bertz CT molecular complexity index is 256. The summed E-state index contributed by atoms with van der Waals surface area (Å²) in [6, 6.07) is -1.06. The van der Waals surface area contributed by atoms with Crippen molar-refractivity contribution in [3.8, 4) is 0 Å². The summed E-state index contributed by atoms with van der Waals surface area (Å²) in [6.45, 7) is 0. The minimum absolute atomic E-state index is 0.262. The van der Waals surface area contributed by atoms with Crippen LogP contribution in [0.5, 0.6) is 0 Å². The number of hydrogen-bond donors (Lipinski definition) is 1. The molecule has 0 fully saturated rings. The van der Waals surface area contributed by atoms with E-state index in [1.165, 1.54) is 0 Å². The zero-order valence-corrected chi connectivity index (χ0v) is 6.44. The van der Waals surface area contributed by atoms with Crippen LogP contribution in [0.1, 0.15) is 6.42 Å². The highest BCUT2D eigenvalue weighted by atomic mass is 19.4. The Kier molecular flexibility index (Phi) is 2.60. The van der Waals surface area contributed by atoms with E-state index in [0.717, 1.165) is 12.2 Å². The van der Waals surface area contributed by atoms with Gasteiger partial charge in [0.05, 0.1) is 6.04 Å². The van der Waals surface area contributed by atoms with E-state index in [9.17, 15) is 17.6 Å². The maximum Gasteiger partial charge on any atom is 0.572 e. The van der Waals surface area contributed by atoms with Crippen molar-refractivity contribution in [2.24, 2.45) is 5.73 Å². The summed E-state index contributed by atoms with van der Waals surface area (Å²) in [5, 5.41) is 0. The third kappa shape index (κ3) is 3.06. The second-order valence-electron chi connectivity index (χ2n) is 2.54. The average Bonchev–Trinajstić information content (AvgIpc) is 1.93. The van der Waals surface area contributed by atoms with Gasteiger partial charge in [-0.25, -0.2) is 4.39 Å². The number of rotatable bonds is 1. The molecule has 0 bridgehead atoms. The standard InChI is InChI=1S/C7H7F4NO/c8-4-1-2-6(5(12)3-4)13-7(9,10)11/h1-2,5H,3,12H2. The van der Waals surface area contributed by atoms with E-state index < -0.39 is 24.0 Å². The molecule has 0 saturated heterocycles. The minimum atomic E-state index is -4.77. The molecule has 1 rings (SSSR count). The van der Waals surface area contributed by atoms with Crippen LogP contribution in [-0.2, 0) is 4.74 Å². The van der Waals surface area contributed by atoms with Gasteiger partial charge in [0, 0.05) is 6.42 Å². The number of hydrogen-bond acceptors (Lipinski definition) is 2. The summed E-state index contributed by atoms with van der Waals surface area (Å²) >= 11 is 0. The molecule has 1 atom stereocenters. The molecule has 1 unspecified atom stereocenters. The van der Waals surface area contributed by atoms with E-state index in [4.69, 9.17) is 5.73 Å². The fourth-order valence-electron chi connectivity index (χ4n) is 0.918. The van der Waals surface area contributed by atoms with Gasteiger partial charge in [-0.1, -0.05) is 0 Å². The fourth-order valence-corrected chi connectivity index (χ4v) is 0.918. The van der Waals surface area contributed by atoms with Crippen LogP contribution in [0.3, 0.4) is 0 Å². The molecule has 0 aliphatic heterocycles. The van der Waals surface area contributed by atoms with Crippen molar-refractivity contribution in [1.82, 2.24) is 0 Å². The van der Waals surface area contributed by atoms with Gasteiger partial charge in [-0.3, -0.25) is 0 Å². The molecule has 0 spiro atoms. The summed E-state index contributed by atoms with van der Waals surface area (Å²) in [6.07, 6.45) is -3.24. The number of allylic oxidation sites excluding steroid dienone is 2. The van der Waals surface area contributed by atoms with Crippen LogP contribution in [0.15, 0.2) is 23.7 Å². The topological polar surface area (TPSA) is 35.2 Å². The zero-order valence-electron chi connectivity index (χ0n) is 6.44. The first-order chi connectivity index (χ1) is 5.88. The van der Waals surface area contributed by atoms with Gasteiger partial charge in [0.2, 0.25) is 0 Å². The molecule has 0 aromatic heterocycles. The monoisotopic (exact) mass is 197 g/mol. The normalized spacial score (nSPS) is 23.6. The summed E-state index contributed by atoms with van der Waals surface area (Å²) < 4.78 is 51.0. The molecular weight excluding hydrogens is 190 g/mol. The maximum absolute atomic E-state index is 12.4. The number of ether oxygens (including phenoxy) is 1. The Balaban J connectivity index is 2.70. The molecule has 0 aromatic carbocycles. The van der Waals surface area contributed by atoms with E-state index in [2.05, 4.69) is 4.74 Å². The average molecular weight is 197 g/mol. The lowest BCUT2D eigenvalue weighted by atomic mass is 10.1. The van der Waals surface area contributed by atoms with Crippen LogP contribution in [0.2, 0.25) is 0 Å². The van der Waals surface area contributed by atoms with Crippen LogP contribution in [0.25, 0.3) is 0 Å². The van der Waals surface area contributed by atoms with Crippen molar-refractivity contribution in [3.63, 3.8) is 0 Å². The smallest absolute Gasteiger partial charge is 0.409 e. The van der Waals surface area contributed by atoms with E-state index in [0.29, 0.717) is 0 Å². The van der Waals surface area contributed by atoms with Crippen LogP contribution in [0, 0.1) is 0 Å². The Hall–Kier alpha value is -1.04. The minimum Gasteiger partial charge on any atom is -0.409 e. The van der Waals surface area contributed by atoms with Crippen molar-refractivity contribution >= 4 is 0 Å². The quantitative estimate of drug-likeness (QED) is 0.652. The van der Waals surface area contributed by atoms with Crippen molar-refractivity contribution in [2.75, 3.05) is 0 Å². The number of halogens is 4. The molecule has 2 nitrogen and oxygen atoms in total. The summed E-state index contributed by atoms with van der Waals surface area (Å²) in [5.41, 5.74) is 5.20. The third-order valence-corrected chi connectivity index (χ3v) is 1.44. The molecular formula is C7H7F4NO. The van der Waals surface area contributed by atoms with Gasteiger partial charge in [0.15, 0.2) is 0 Å². The first kappa shape index (κ1) is 10.0. The maximum atomic E-state index is 12.4. The van der Waals surface area contributed by atoms with Crippen molar-refractivity contribution in [3.05, 3.63) is 23.7 Å². The first-order valence-electron chi connectivity index (χ1n) is 3.46. The van der Waals surface area contributed by atoms with Crippen molar-refractivity contribution in [2.45, 2.75) is 18.8 Å². The highest BCUT2D eigenvalue weighted by molar-refractivity contribution is 5.22. The Morgan fingerprint density at radius 2 is 2.00 bits per heavy atom. The van der Waals surface area contributed by atoms with Gasteiger partial charge >= 0.3 is 6.36 Å². The Morgan fingerprint density at radius 3 is 2.46 bits per heavy atom. The number of nitrogens with two attached hydrogens (primary N) is 1. The molecule has 1 aliphatic carbocycles. The van der Waals surface area contributed by atoms with E-state index in [-0.39, 0.29) is 6.42 Å². The molecule has 1 aliphatic rings. The molecule has 6 heteroatoms. The van der Waals surface area contributed by atoms with Crippen LogP contribution in [0.4, 0.5) is 17.6 Å². The summed E-state index contributed by atoms with van der Waals surface area (Å²) in [5.74, 6) is -1.02. The highest BCUT2D eigenvalue weighted by Crippen LogP contribution is 2.26. The van der Waals surface area contributed by atoms with Crippen molar-refractivity contribution < 1.29 is 22.3 Å².